The average molecular weight is 433 g/mol. The highest BCUT2D eigenvalue weighted by atomic mass is 16.6. The van der Waals surface area contributed by atoms with Crippen molar-refractivity contribution in [3.63, 3.8) is 0 Å². The zero-order valence-corrected chi connectivity index (χ0v) is 17.5. The summed E-state index contributed by atoms with van der Waals surface area (Å²) in [7, 11) is 4.90. The molecule has 12 nitrogen and oxygen atoms in total. The molecule has 0 fully saturated rings. The van der Waals surface area contributed by atoms with Crippen LogP contribution in [0.2, 0.25) is 0 Å². The van der Waals surface area contributed by atoms with Gasteiger partial charge in [-0.3, -0.25) is 30.4 Å². The highest BCUT2D eigenvalue weighted by Gasteiger charge is 2.19. The summed E-state index contributed by atoms with van der Waals surface area (Å²) in [4.78, 5) is 31.3. The molecule has 1 amide bonds. The van der Waals surface area contributed by atoms with Gasteiger partial charge in [-0.05, 0) is 36.8 Å². The molecule has 0 saturated heterocycles. The summed E-state index contributed by atoms with van der Waals surface area (Å²) >= 11 is 0. The second-order valence-electron chi connectivity index (χ2n) is 6.00. The summed E-state index contributed by atoms with van der Waals surface area (Å²) in [5, 5.41) is 25.8. The predicted molar refractivity (Wildman–Crippen MR) is 115 cm³/mol. The number of nitrogens with one attached hydrogen (secondary N) is 1. The van der Waals surface area contributed by atoms with E-state index >= 15 is 0 Å². The van der Waals surface area contributed by atoms with E-state index in [0.29, 0.717) is 23.7 Å². The first-order valence-corrected chi connectivity index (χ1v) is 8.87. The van der Waals surface area contributed by atoms with Gasteiger partial charge in [-0.15, -0.1) is 0 Å². The zero-order valence-electron chi connectivity index (χ0n) is 17.5. The largest absolute Gasteiger partial charge is 0.493 e. The van der Waals surface area contributed by atoms with E-state index < -0.39 is 15.5 Å². The lowest BCUT2D eigenvalue weighted by Crippen LogP contribution is -2.06. The van der Waals surface area contributed by atoms with Crippen LogP contribution in [0.15, 0.2) is 41.5 Å². The molecule has 2 aromatic carbocycles. The normalized spacial score (nSPS) is 9.94. The number of anilines is 1. The van der Waals surface area contributed by atoms with Crippen LogP contribution >= 0.6 is 0 Å². The Labute approximate surface area is 178 Å². The number of amides is 1. The van der Waals surface area contributed by atoms with E-state index in [-0.39, 0.29) is 11.4 Å². The second kappa shape index (κ2) is 12.4. The number of benzene rings is 2. The number of methoxy groups -OCH3 is 1. The third-order valence-electron chi connectivity index (χ3n) is 3.49. The van der Waals surface area contributed by atoms with Crippen LogP contribution in [-0.4, -0.2) is 55.2 Å². The van der Waals surface area contributed by atoms with Crippen molar-refractivity contribution >= 4 is 29.7 Å². The molecule has 0 aliphatic carbocycles. The molecule has 2 aromatic rings. The maximum Gasteiger partial charge on any atom is 0.301 e. The van der Waals surface area contributed by atoms with E-state index in [2.05, 4.69) is 10.5 Å². The lowest BCUT2D eigenvalue weighted by Gasteiger charge is -2.09. The van der Waals surface area contributed by atoms with Crippen molar-refractivity contribution in [1.82, 2.24) is 4.90 Å². The molecule has 0 radical (unpaired) electrons. The molecule has 0 atom stereocenters. The lowest BCUT2D eigenvalue weighted by molar-refractivity contribution is -0.393. The van der Waals surface area contributed by atoms with Crippen molar-refractivity contribution in [3.05, 3.63) is 62.2 Å². The minimum absolute atomic E-state index is 0.0374. The van der Waals surface area contributed by atoms with Gasteiger partial charge in [0.2, 0.25) is 6.41 Å². The van der Waals surface area contributed by atoms with Crippen molar-refractivity contribution < 1.29 is 24.1 Å². The quantitative estimate of drug-likeness (QED) is 0.274. The van der Waals surface area contributed by atoms with Crippen LogP contribution < -0.4 is 14.9 Å². The summed E-state index contributed by atoms with van der Waals surface area (Å²) in [5.74, 6) is 1.11. The Morgan fingerprint density at radius 3 is 2.29 bits per heavy atom. The summed E-state index contributed by atoms with van der Waals surface area (Å²) in [5.41, 5.74) is 2.42. The lowest BCUT2D eigenvalue weighted by atomic mass is 10.2. The zero-order chi connectivity index (χ0) is 23.4. The number of nitro groups is 2. The summed E-state index contributed by atoms with van der Waals surface area (Å²) in [6.45, 7) is 2.31. The SMILES string of the molecule is CCOc1cc(/C=N/Nc2ccc([N+](=O)[O-])cc2[N+](=O)[O-])ccc1OC.CN(C)C=O. The van der Waals surface area contributed by atoms with Gasteiger partial charge in [0.05, 0.1) is 35.8 Å². The van der Waals surface area contributed by atoms with E-state index in [1.54, 1.807) is 32.3 Å². The predicted octanol–water partition coefficient (Wildman–Crippen LogP) is 3.06. The number of carbonyl (C=O) groups excluding carboxylic acids is 1. The Hall–Kier alpha value is -4.22. The van der Waals surface area contributed by atoms with Gasteiger partial charge < -0.3 is 14.4 Å². The monoisotopic (exact) mass is 433 g/mol. The Balaban J connectivity index is 0.000000861. The topological polar surface area (TPSA) is 149 Å². The number of hydrazone groups is 1. The molecule has 31 heavy (non-hydrogen) atoms. The van der Waals surface area contributed by atoms with Crippen LogP contribution in [0.4, 0.5) is 17.1 Å². The van der Waals surface area contributed by atoms with Gasteiger partial charge in [0.1, 0.15) is 5.69 Å². The molecule has 0 bridgehead atoms. The molecule has 2 rings (SSSR count). The number of non-ortho nitro benzene ring substituents is 1. The van der Waals surface area contributed by atoms with Crippen LogP contribution in [-0.2, 0) is 4.79 Å². The van der Waals surface area contributed by atoms with Crippen molar-refractivity contribution in [2.45, 2.75) is 6.92 Å². The van der Waals surface area contributed by atoms with Crippen molar-refractivity contribution in [2.24, 2.45) is 5.10 Å². The summed E-state index contributed by atoms with van der Waals surface area (Å²) < 4.78 is 10.6. The molecular formula is C19H23N5O7. The smallest absolute Gasteiger partial charge is 0.301 e. The average Bonchev–Trinajstić information content (AvgIpc) is 2.74. The van der Waals surface area contributed by atoms with Crippen LogP contribution in [0.3, 0.4) is 0 Å². The minimum Gasteiger partial charge on any atom is -0.493 e. The molecule has 166 valence electrons. The van der Waals surface area contributed by atoms with Crippen LogP contribution in [0.1, 0.15) is 12.5 Å². The van der Waals surface area contributed by atoms with Gasteiger partial charge in [-0.2, -0.15) is 5.10 Å². The highest BCUT2D eigenvalue weighted by Crippen LogP contribution is 2.29. The Morgan fingerprint density at radius 1 is 1.10 bits per heavy atom. The third kappa shape index (κ3) is 7.97. The molecule has 0 saturated carbocycles. The van der Waals surface area contributed by atoms with Gasteiger partial charge >= 0.3 is 5.69 Å². The number of hydrogen-bond donors (Lipinski definition) is 1. The van der Waals surface area contributed by atoms with E-state index in [1.807, 2.05) is 6.92 Å². The molecule has 12 heteroatoms. The molecular weight excluding hydrogens is 410 g/mol. The second-order valence-corrected chi connectivity index (χ2v) is 6.00. The highest BCUT2D eigenvalue weighted by molar-refractivity contribution is 5.82. The van der Waals surface area contributed by atoms with E-state index in [9.17, 15) is 25.0 Å². The first-order valence-electron chi connectivity index (χ1n) is 8.87. The Morgan fingerprint density at radius 2 is 1.77 bits per heavy atom. The molecule has 0 aliphatic heterocycles. The first-order chi connectivity index (χ1) is 14.7. The van der Waals surface area contributed by atoms with Gasteiger partial charge in [-0.25, -0.2) is 0 Å². The summed E-state index contributed by atoms with van der Waals surface area (Å²) in [6, 6.07) is 8.41. The molecule has 0 aliphatic rings. The van der Waals surface area contributed by atoms with Crippen LogP contribution in [0.5, 0.6) is 11.5 Å². The number of nitrogens with zero attached hydrogens (tertiary/aromatic N) is 4. The minimum atomic E-state index is -0.717. The third-order valence-corrected chi connectivity index (χ3v) is 3.49. The number of rotatable bonds is 9. The fourth-order valence-electron chi connectivity index (χ4n) is 2.10. The Bertz CT molecular complexity index is 947. The number of hydrogen-bond acceptors (Lipinski definition) is 9. The first kappa shape index (κ1) is 24.8. The molecule has 0 aromatic heterocycles. The number of nitro benzene ring substituents is 2. The molecule has 0 heterocycles. The van der Waals surface area contributed by atoms with Crippen LogP contribution in [0, 0.1) is 20.2 Å². The van der Waals surface area contributed by atoms with E-state index in [1.165, 1.54) is 24.3 Å². The summed E-state index contributed by atoms with van der Waals surface area (Å²) in [6.07, 6.45) is 2.19. The molecule has 0 unspecified atom stereocenters. The standard InChI is InChI=1S/C16H16N4O6.C3H7NO/c1-3-26-16-8-11(4-7-15(16)25-2)10-17-18-13-6-5-12(19(21)22)9-14(13)20(23)24;1-4(2)3-5/h4-10,18H,3H2,1-2H3;3H,1-2H3/b17-10+;. The molecule has 1 N–H and O–H groups in total. The maximum absolute atomic E-state index is 11.1. The van der Waals surface area contributed by atoms with Gasteiger partial charge in [0, 0.05) is 20.2 Å². The van der Waals surface area contributed by atoms with Gasteiger partial charge in [-0.1, -0.05) is 0 Å². The Kier molecular flexibility index (Phi) is 9.90. The maximum atomic E-state index is 11.1. The van der Waals surface area contributed by atoms with Gasteiger partial charge in [0.15, 0.2) is 11.5 Å². The van der Waals surface area contributed by atoms with Crippen molar-refractivity contribution in [1.29, 1.82) is 0 Å². The fourth-order valence-corrected chi connectivity index (χ4v) is 2.10. The molecule has 0 spiro atoms. The van der Waals surface area contributed by atoms with Crippen molar-refractivity contribution in [2.75, 3.05) is 33.2 Å². The number of ether oxygens (including phenoxy) is 2. The van der Waals surface area contributed by atoms with E-state index in [0.717, 1.165) is 18.5 Å². The number of carbonyl (C=O) groups is 1. The van der Waals surface area contributed by atoms with Gasteiger partial charge in [0.25, 0.3) is 5.69 Å². The van der Waals surface area contributed by atoms with Crippen LogP contribution in [0.25, 0.3) is 0 Å². The van der Waals surface area contributed by atoms with E-state index in [4.69, 9.17) is 9.47 Å². The fraction of sp³-hybridized carbons (Fsp3) is 0.263. The van der Waals surface area contributed by atoms with Crippen molar-refractivity contribution in [3.8, 4) is 11.5 Å².